The van der Waals surface area contributed by atoms with E-state index in [1.54, 1.807) is 6.92 Å². The lowest BCUT2D eigenvalue weighted by Crippen LogP contribution is -2.36. The van der Waals surface area contributed by atoms with E-state index < -0.39 is 23.6 Å². The molecule has 1 aromatic heterocycles. The second-order valence-electron chi connectivity index (χ2n) is 5.58. The number of aliphatic hydroxyl groups excluding tert-OH is 1. The Hall–Kier alpha value is -2.74. The van der Waals surface area contributed by atoms with Gasteiger partial charge in [-0.05, 0) is 25.1 Å². The molecule has 1 aromatic carbocycles. The van der Waals surface area contributed by atoms with Crippen molar-refractivity contribution in [2.75, 3.05) is 13.2 Å². The normalized spacial score (nSPS) is 11.9. The lowest BCUT2D eigenvalue weighted by atomic mass is 10.2. The van der Waals surface area contributed by atoms with Gasteiger partial charge in [0.2, 0.25) is 0 Å². The molecule has 0 saturated heterocycles. The molecule has 6 nitrogen and oxygen atoms in total. The largest absolute Gasteiger partial charge is 0.491 e. The van der Waals surface area contributed by atoms with E-state index >= 15 is 0 Å². The second-order valence-corrected chi connectivity index (χ2v) is 5.58. The van der Waals surface area contributed by atoms with Crippen LogP contribution in [0.3, 0.4) is 0 Å². The minimum Gasteiger partial charge on any atom is -0.491 e. The number of nitrogens with zero attached hydrogens (tertiary/aromatic N) is 1. The Kier molecular flexibility index (Phi) is 5.87. The van der Waals surface area contributed by atoms with Gasteiger partial charge in [-0.3, -0.25) is 9.59 Å². The van der Waals surface area contributed by atoms with Gasteiger partial charge in [0.15, 0.2) is 11.6 Å². The number of rotatable bonds is 6. The van der Waals surface area contributed by atoms with Crippen molar-refractivity contribution in [2.45, 2.75) is 13.0 Å². The minimum absolute atomic E-state index is 0.0676. The summed E-state index contributed by atoms with van der Waals surface area (Å²) in [7, 11) is 1.54. The number of aromatic nitrogens is 1. The summed E-state index contributed by atoms with van der Waals surface area (Å²) in [6.45, 7) is 1.28. The predicted octanol–water partition coefficient (Wildman–Crippen LogP) is 1.14. The van der Waals surface area contributed by atoms with Crippen molar-refractivity contribution in [1.29, 1.82) is 0 Å². The summed E-state index contributed by atoms with van der Waals surface area (Å²) in [6, 6.07) is 4.48. The maximum absolute atomic E-state index is 13.0. The number of aryl methyl sites for hydroxylation is 2. The topological polar surface area (TPSA) is 80.6 Å². The third-order valence-corrected chi connectivity index (χ3v) is 3.46. The Morgan fingerprint density at radius 2 is 2.04 bits per heavy atom. The number of hydrogen-bond acceptors (Lipinski definition) is 4. The molecule has 1 atom stereocenters. The molecule has 0 aliphatic carbocycles. The molecule has 2 rings (SSSR count). The molecule has 0 fully saturated rings. The third kappa shape index (κ3) is 4.87. The van der Waals surface area contributed by atoms with Gasteiger partial charge in [-0.2, -0.15) is 0 Å². The summed E-state index contributed by atoms with van der Waals surface area (Å²) in [5.41, 5.74) is 0.516. The summed E-state index contributed by atoms with van der Waals surface area (Å²) in [4.78, 5) is 23.7. The van der Waals surface area contributed by atoms with Gasteiger partial charge >= 0.3 is 0 Å². The van der Waals surface area contributed by atoms with Crippen molar-refractivity contribution in [2.24, 2.45) is 7.05 Å². The Labute approximate surface area is 142 Å². The average molecular weight is 352 g/mol. The van der Waals surface area contributed by atoms with Gasteiger partial charge in [-0.1, -0.05) is 0 Å². The van der Waals surface area contributed by atoms with Crippen LogP contribution in [0, 0.1) is 18.6 Å². The number of aliphatic hydroxyl groups is 1. The number of halogens is 2. The highest BCUT2D eigenvalue weighted by atomic mass is 19.2. The summed E-state index contributed by atoms with van der Waals surface area (Å²) >= 11 is 0. The standard InChI is InChI=1S/C17H18F2N2O4/c1-10-5-11(8-21(2)17(10)24)16(23)20-7-12(22)9-25-13-3-4-14(18)15(19)6-13/h3-6,8,12,22H,7,9H2,1-2H3,(H,20,23). The zero-order valence-electron chi connectivity index (χ0n) is 13.8. The Morgan fingerprint density at radius 3 is 2.68 bits per heavy atom. The number of carbonyl (C=O) groups is 1. The summed E-state index contributed by atoms with van der Waals surface area (Å²) < 4.78 is 32.3. The number of amides is 1. The molecule has 1 heterocycles. The number of carbonyl (C=O) groups excluding carboxylic acids is 1. The molecule has 2 N–H and O–H groups in total. The highest BCUT2D eigenvalue weighted by molar-refractivity contribution is 5.94. The van der Waals surface area contributed by atoms with E-state index in [0.717, 1.165) is 12.1 Å². The van der Waals surface area contributed by atoms with Gasteiger partial charge in [0.25, 0.3) is 11.5 Å². The van der Waals surface area contributed by atoms with Crippen LogP contribution in [-0.4, -0.2) is 34.8 Å². The lowest BCUT2D eigenvalue weighted by Gasteiger charge is -2.14. The van der Waals surface area contributed by atoms with Crippen LogP contribution in [0.15, 0.2) is 35.3 Å². The fourth-order valence-electron chi connectivity index (χ4n) is 2.13. The average Bonchev–Trinajstić information content (AvgIpc) is 2.58. The van der Waals surface area contributed by atoms with Crippen LogP contribution in [0.2, 0.25) is 0 Å². The van der Waals surface area contributed by atoms with E-state index in [0.29, 0.717) is 5.56 Å². The first kappa shape index (κ1) is 18.6. The van der Waals surface area contributed by atoms with Crippen molar-refractivity contribution in [1.82, 2.24) is 9.88 Å². The molecule has 0 aliphatic rings. The van der Waals surface area contributed by atoms with E-state index in [-0.39, 0.29) is 30.0 Å². The lowest BCUT2D eigenvalue weighted by molar-refractivity contribution is 0.0842. The van der Waals surface area contributed by atoms with Gasteiger partial charge in [-0.25, -0.2) is 8.78 Å². The van der Waals surface area contributed by atoms with Crippen LogP contribution in [0.1, 0.15) is 15.9 Å². The van der Waals surface area contributed by atoms with E-state index in [2.05, 4.69) is 5.32 Å². The number of benzene rings is 1. The van der Waals surface area contributed by atoms with E-state index in [4.69, 9.17) is 4.74 Å². The summed E-state index contributed by atoms with van der Waals surface area (Å²) in [5.74, 6) is -2.43. The molecule has 0 bridgehead atoms. The van der Waals surface area contributed by atoms with Gasteiger partial charge in [0.05, 0.1) is 5.56 Å². The van der Waals surface area contributed by atoms with Gasteiger partial charge in [-0.15, -0.1) is 0 Å². The van der Waals surface area contributed by atoms with Crippen LogP contribution >= 0.6 is 0 Å². The van der Waals surface area contributed by atoms with Gasteiger partial charge in [0, 0.05) is 31.4 Å². The Morgan fingerprint density at radius 1 is 1.32 bits per heavy atom. The molecule has 0 aliphatic heterocycles. The Bertz CT molecular complexity index is 810. The zero-order chi connectivity index (χ0) is 18.6. The number of pyridine rings is 1. The van der Waals surface area contributed by atoms with E-state index in [9.17, 15) is 23.5 Å². The van der Waals surface area contributed by atoms with Crippen molar-refractivity contribution in [3.63, 3.8) is 0 Å². The van der Waals surface area contributed by atoms with E-state index in [1.165, 1.54) is 29.9 Å². The smallest absolute Gasteiger partial charge is 0.253 e. The van der Waals surface area contributed by atoms with E-state index in [1.807, 2.05) is 0 Å². The molecule has 25 heavy (non-hydrogen) atoms. The van der Waals surface area contributed by atoms with Crippen LogP contribution in [0.5, 0.6) is 5.75 Å². The highest BCUT2D eigenvalue weighted by Gasteiger charge is 2.12. The quantitative estimate of drug-likeness (QED) is 0.817. The van der Waals surface area contributed by atoms with Crippen LogP contribution < -0.4 is 15.6 Å². The SMILES string of the molecule is Cc1cc(C(=O)NCC(O)COc2ccc(F)c(F)c2)cn(C)c1=O. The van der Waals surface area contributed by atoms with Gasteiger partial charge < -0.3 is 19.7 Å². The van der Waals surface area contributed by atoms with Crippen molar-refractivity contribution < 1.29 is 23.4 Å². The molecule has 2 aromatic rings. The zero-order valence-corrected chi connectivity index (χ0v) is 13.8. The fraction of sp³-hybridized carbons (Fsp3) is 0.294. The maximum atomic E-state index is 13.0. The molecular formula is C17H18F2N2O4. The maximum Gasteiger partial charge on any atom is 0.253 e. The first-order valence-electron chi connectivity index (χ1n) is 7.49. The van der Waals surface area contributed by atoms with Gasteiger partial charge in [0.1, 0.15) is 18.5 Å². The predicted molar refractivity (Wildman–Crippen MR) is 86.6 cm³/mol. The fourth-order valence-corrected chi connectivity index (χ4v) is 2.13. The molecule has 0 saturated carbocycles. The number of hydrogen-bond donors (Lipinski definition) is 2. The monoisotopic (exact) mass is 352 g/mol. The van der Waals surface area contributed by atoms with Crippen LogP contribution in [0.25, 0.3) is 0 Å². The van der Waals surface area contributed by atoms with Crippen LogP contribution in [0.4, 0.5) is 8.78 Å². The number of ether oxygens (including phenoxy) is 1. The first-order valence-corrected chi connectivity index (χ1v) is 7.49. The molecular weight excluding hydrogens is 334 g/mol. The Balaban J connectivity index is 1.87. The summed E-state index contributed by atoms with van der Waals surface area (Å²) in [6.07, 6.45) is 0.347. The molecule has 8 heteroatoms. The molecule has 1 amide bonds. The minimum atomic E-state index is -1.05. The second kappa shape index (κ2) is 7.89. The molecule has 0 spiro atoms. The summed E-state index contributed by atoms with van der Waals surface area (Å²) in [5, 5.41) is 12.3. The van der Waals surface area contributed by atoms with Crippen molar-refractivity contribution in [3.8, 4) is 5.75 Å². The molecule has 134 valence electrons. The highest BCUT2D eigenvalue weighted by Crippen LogP contribution is 2.15. The first-order chi connectivity index (χ1) is 11.8. The van der Waals surface area contributed by atoms with Crippen molar-refractivity contribution in [3.05, 3.63) is 63.6 Å². The third-order valence-electron chi connectivity index (χ3n) is 3.46. The molecule has 1 unspecified atom stereocenters. The molecule has 0 radical (unpaired) electrons. The number of nitrogens with one attached hydrogen (secondary N) is 1. The van der Waals surface area contributed by atoms with Crippen LogP contribution in [-0.2, 0) is 7.05 Å². The van der Waals surface area contributed by atoms with Crippen molar-refractivity contribution >= 4 is 5.91 Å².